The maximum absolute atomic E-state index is 13.1. The molecule has 0 bridgehead atoms. The molecule has 1 atom stereocenters. The van der Waals surface area contributed by atoms with Gasteiger partial charge in [0.05, 0.1) is 0 Å². The molecule has 2 fully saturated rings. The minimum absolute atomic E-state index is 0.0366. The van der Waals surface area contributed by atoms with E-state index in [1.54, 1.807) is 7.05 Å². The van der Waals surface area contributed by atoms with Crippen LogP contribution in [0.5, 0.6) is 0 Å². The SMILES string of the molecule is CN1C(=N)NC(c2cccc(-c3cccc(Cl)c3)c2)(C2CCC2)C1=O. The van der Waals surface area contributed by atoms with Crippen molar-refractivity contribution in [3.8, 4) is 11.1 Å². The fourth-order valence-electron chi connectivity index (χ4n) is 3.85. The van der Waals surface area contributed by atoms with E-state index in [4.69, 9.17) is 17.0 Å². The third-order valence-corrected chi connectivity index (χ3v) is 5.72. The predicted molar refractivity (Wildman–Crippen MR) is 99.5 cm³/mol. The third kappa shape index (κ3) is 2.44. The number of guanidine groups is 1. The minimum atomic E-state index is -0.821. The van der Waals surface area contributed by atoms with Gasteiger partial charge in [-0.15, -0.1) is 0 Å². The van der Waals surface area contributed by atoms with Crippen LogP contribution in [0.2, 0.25) is 5.02 Å². The van der Waals surface area contributed by atoms with Crippen molar-refractivity contribution in [1.29, 1.82) is 5.41 Å². The quantitative estimate of drug-likeness (QED) is 0.876. The fraction of sp³-hybridized carbons (Fsp3) is 0.300. The lowest BCUT2D eigenvalue weighted by Gasteiger charge is -2.41. The first-order valence-electron chi connectivity index (χ1n) is 8.54. The average Bonchev–Trinajstić information content (AvgIpc) is 2.79. The van der Waals surface area contributed by atoms with Crippen molar-refractivity contribution in [1.82, 2.24) is 10.2 Å². The normalized spacial score (nSPS) is 23.5. The van der Waals surface area contributed by atoms with E-state index in [-0.39, 0.29) is 17.8 Å². The maximum Gasteiger partial charge on any atom is 0.259 e. The Balaban J connectivity index is 1.83. The van der Waals surface area contributed by atoms with E-state index in [0.717, 1.165) is 36.0 Å². The zero-order valence-corrected chi connectivity index (χ0v) is 14.8. The molecule has 128 valence electrons. The number of nitrogens with zero attached hydrogens (tertiary/aromatic N) is 1. The summed E-state index contributed by atoms with van der Waals surface area (Å²) in [6, 6.07) is 15.8. The highest BCUT2D eigenvalue weighted by Crippen LogP contribution is 2.46. The van der Waals surface area contributed by atoms with Crippen molar-refractivity contribution in [2.75, 3.05) is 7.05 Å². The van der Waals surface area contributed by atoms with Gasteiger partial charge in [0.2, 0.25) is 0 Å². The maximum atomic E-state index is 13.1. The van der Waals surface area contributed by atoms with Crippen LogP contribution in [0.4, 0.5) is 0 Å². The first kappa shape index (κ1) is 16.2. The van der Waals surface area contributed by atoms with Gasteiger partial charge in [-0.3, -0.25) is 15.1 Å². The van der Waals surface area contributed by atoms with Crippen LogP contribution in [-0.4, -0.2) is 23.8 Å². The Bertz CT molecular complexity index is 862. The smallest absolute Gasteiger partial charge is 0.259 e. The highest BCUT2D eigenvalue weighted by molar-refractivity contribution is 6.30. The molecule has 4 nitrogen and oxygen atoms in total. The van der Waals surface area contributed by atoms with E-state index in [2.05, 4.69) is 11.4 Å². The van der Waals surface area contributed by atoms with Crippen LogP contribution in [0.3, 0.4) is 0 Å². The van der Waals surface area contributed by atoms with Crippen LogP contribution < -0.4 is 5.32 Å². The average molecular weight is 354 g/mol. The summed E-state index contributed by atoms with van der Waals surface area (Å²) in [4.78, 5) is 14.5. The zero-order chi connectivity index (χ0) is 17.6. The molecule has 2 N–H and O–H groups in total. The Hall–Kier alpha value is -2.33. The second kappa shape index (κ2) is 5.88. The summed E-state index contributed by atoms with van der Waals surface area (Å²) < 4.78 is 0. The summed E-state index contributed by atoms with van der Waals surface area (Å²) in [6.45, 7) is 0. The Morgan fingerprint density at radius 2 is 1.84 bits per heavy atom. The lowest BCUT2D eigenvalue weighted by atomic mass is 9.67. The summed E-state index contributed by atoms with van der Waals surface area (Å²) in [5.41, 5.74) is 2.15. The molecule has 0 radical (unpaired) electrons. The van der Waals surface area contributed by atoms with Gasteiger partial charge in [-0.05, 0) is 53.6 Å². The van der Waals surface area contributed by atoms with Crippen LogP contribution in [0, 0.1) is 11.3 Å². The molecule has 0 spiro atoms. The Kier molecular flexibility index (Phi) is 3.80. The predicted octanol–water partition coefficient (Wildman–Crippen LogP) is 4.00. The molecule has 1 unspecified atom stereocenters. The number of likely N-dealkylation sites (N-methyl/N-ethyl adjacent to an activating group) is 1. The second-order valence-electron chi connectivity index (χ2n) is 6.86. The Labute approximate surface area is 152 Å². The van der Waals surface area contributed by atoms with Gasteiger partial charge in [-0.25, -0.2) is 0 Å². The van der Waals surface area contributed by atoms with E-state index >= 15 is 0 Å². The number of amides is 1. The molecule has 1 heterocycles. The summed E-state index contributed by atoms with van der Waals surface area (Å²) >= 11 is 6.13. The molecule has 1 aliphatic carbocycles. The van der Waals surface area contributed by atoms with Crippen molar-refractivity contribution >= 4 is 23.5 Å². The van der Waals surface area contributed by atoms with Gasteiger partial charge < -0.3 is 5.32 Å². The van der Waals surface area contributed by atoms with Crippen LogP contribution in [-0.2, 0) is 10.3 Å². The zero-order valence-electron chi connectivity index (χ0n) is 14.1. The molecule has 2 aromatic carbocycles. The highest BCUT2D eigenvalue weighted by atomic mass is 35.5. The van der Waals surface area contributed by atoms with Crippen molar-refractivity contribution in [3.05, 3.63) is 59.1 Å². The number of hydrogen-bond acceptors (Lipinski definition) is 2. The molecule has 1 saturated heterocycles. The molecule has 1 aliphatic heterocycles. The Morgan fingerprint density at radius 3 is 2.40 bits per heavy atom. The van der Waals surface area contributed by atoms with Crippen LogP contribution in [0.15, 0.2) is 48.5 Å². The standard InChI is InChI=1S/C20H20ClN3O/c1-24-18(25)20(23-19(24)22,15-7-4-8-15)16-9-2-5-13(11-16)14-6-3-10-17(21)12-14/h2-3,5-6,9-12,15H,4,7-8H2,1H3,(H2,22,23). The van der Waals surface area contributed by atoms with Crippen molar-refractivity contribution in [2.24, 2.45) is 5.92 Å². The number of halogens is 1. The molecule has 1 saturated carbocycles. The van der Waals surface area contributed by atoms with Crippen molar-refractivity contribution < 1.29 is 4.79 Å². The molecule has 4 rings (SSSR count). The third-order valence-electron chi connectivity index (χ3n) is 5.49. The number of benzene rings is 2. The molecule has 0 aromatic heterocycles. The monoisotopic (exact) mass is 353 g/mol. The number of nitrogens with one attached hydrogen (secondary N) is 2. The van der Waals surface area contributed by atoms with Gasteiger partial charge in [0.15, 0.2) is 5.96 Å². The second-order valence-corrected chi connectivity index (χ2v) is 7.30. The fourth-order valence-corrected chi connectivity index (χ4v) is 4.04. The van der Waals surface area contributed by atoms with Crippen LogP contribution in [0.1, 0.15) is 24.8 Å². The molecule has 2 aliphatic rings. The van der Waals surface area contributed by atoms with E-state index in [1.165, 1.54) is 4.90 Å². The summed E-state index contributed by atoms with van der Waals surface area (Å²) in [6.07, 6.45) is 3.13. The van der Waals surface area contributed by atoms with Gasteiger partial charge in [-0.1, -0.05) is 48.4 Å². The highest BCUT2D eigenvalue weighted by Gasteiger charge is 2.55. The number of carbonyl (C=O) groups is 1. The lowest BCUT2D eigenvalue weighted by molar-refractivity contribution is -0.134. The molecule has 2 aromatic rings. The van der Waals surface area contributed by atoms with Crippen LogP contribution >= 0.6 is 11.6 Å². The first-order chi connectivity index (χ1) is 12.0. The summed E-state index contributed by atoms with van der Waals surface area (Å²) in [5.74, 6) is 0.357. The van der Waals surface area contributed by atoms with Gasteiger partial charge in [0.25, 0.3) is 5.91 Å². The molecule has 25 heavy (non-hydrogen) atoms. The minimum Gasteiger partial charge on any atom is -0.338 e. The number of hydrogen-bond donors (Lipinski definition) is 2. The topological polar surface area (TPSA) is 56.2 Å². The van der Waals surface area contributed by atoms with E-state index in [0.29, 0.717) is 5.02 Å². The summed E-state index contributed by atoms with van der Waals surface area (Å²) in [5, 5.41) is 12.0. The molecular weight excluding hydrogens is 334 g/mol. The Morgan fingerprint density at radius 1 is 1.16 bits per heavy atom. The van der Waals surface area contributed by atoms with Gasteiger partial charge in [0, 0.05) is 12.1 Å². The summed E-state index contributed by atoms with van der Waals surface area (Å²) in [7, 11) is 1.67. The number of carbonyl (C=O) groups excluding carboxylic acids is 1. The van der Waals surface area contributed by atoms with E-state index in [1.807, 2.05) is 42.5 Å². The van der Waals surface area contributed by atoms with Gasteiger partial charge >= 0.3 is 0 Å². The van der Waals surface area contributed by atoms with Crippen LogP contribution in [0.25, 0.3) is 11.1 Å². The van der Waals surface area contributed by atoms with E-state index < -0.39 is 5.54 Å². The molecule has 5 heteroatoms. The molecular formula is C20H20ClN3O. The van der Waals surface area contributed by atoms with E-state index in [9.17, 15) is 4.79 Å². The first-order valence-corrected chi connectivity index (χ1v) is 8.91. The van der Waals surface area contributed by atoms with Crippen molar-refractivity contribution in [2.45, 2.75) is 24.8 Å². The molecule has 1 amide bonds. The van der Waals surface area contributed by atoms with Crippen molar-refractivity contribution in [3.63, 3.8) is 0 Å². The van der Waals surface area contributed by atoms with Gasteiger partial charge in [-0.2, -0.15) is 0 Å². The van der Waals surface area contributed by atoms with Gasteiger partial charge in [0.1, 0.15) is 5.54 Å². The largest absolute Gasteiger partial charge is 0.338 e. The number of rotatable bonds is 3. The lowest BCUT2D eigenvalue weighted by Crippen LogP contribution is -2.52.